The Kier molecular flexibility index (Phi) is 4.51. The Bertz CT molecular complexity index is 396. The Hall–Kier alpha value is -1.02. The van der Waals surface area contributed by atoms with Crippen molar-refractivity contribution in [3.8, 4) is 5.75 Å². The van der Waals surface area contributed by atoms with E-state index < -0.39 is 0 Å². The van der Waals surface area contributed by atoms with Crippen LogP contribution in [0.1, 0.15) is 58.1 Å². The lowest BCUT2D eigenvalue weighted by Crippen LogP contribution is -2.45. The molecule has 0 spiro atoms. The predicted octanol–water partition coefficient (Wildman–Crippen LogP) is 4.31. The van der Waals surface area contributed by atoms with Crippen LogP contribution in [-0.4, -0.2) is 13.2 Å². The summed E-state index contributed by atoms with van der Waals surface area (Å²) < 4.78 is 5.21. The van der Waals surface area contributed by atoms with E-state index >= 15 is 0 Å². The third-order valence-electron chi connectivity index (χ3n) is 4.57. The SMILES string of the molecule is COc1ccc([C@H](C)NC2CCCCC2(C)C)cc1. The molecular formula is C17H27NO. The number of hydrogen-bond donors (Lipinski definition) is 1. The van der Waals surface area contributed by atoms with E-state index in [1.807, 2.05) is 12.1 Å². The van der Waals surface area contributed by atoms with Gasteiger partial charge in [-0.1, -0.05) is 38.8 Å². The Labute approximate surface area is 117 Å². The second kappa shape index (κ2) is 5.96. The summed E-state index contributed by atoms with van der Waals surface area (Å²) in [5, 5.41) is 3.82. The van der Waals surface area contributed by atoms with Crippen LogP contribution in [0.3, 0.4) is 0 Å². The molecule has 2 atom stereocenters. The third-order valence-corrected chi connectivity index (χ3v) is 4.57. The molecule has 2 rings (SSSR count). The number of methoxy groups -OCH3 is 1. The van der Waals surface area contributed by atoms with E-state index in [-0.39, 0.29) is 0 Å². The summed E-state index contributed by atoms with van der Waals surface area (Å²) in [4.78, 5) is 0. The zero-order valence-corrected chi connectivity index (χ0v) is 12.7. The van der Waals surface area contributed by atoms with Crippen molar-refractivity contribution < 1.29 is 4.74 Å². The molecule has 0 heterocycles. The lowest BCUT2D eigenvalue weighted by atomic mass is 9.73. The van der Waals surface area contributed by atoms with Crippen molar-refractivity contribution in [3.63, 3.8) is 0 Å². The van der Waals surface area contributed by atoms with Crippen LogP contribution in [0.5, 0.6) is 5.75 Å². The van der Waals surface area contributed by atoms with Crippen molar-refractivity contribution in [1.82, 2.24) is 5.32 Å². The molecule has 19 heavy (non-hydrogen) atoms. The highest BCUT2D eigenvalue weighted by Crippen LogP contribution is 2.36. The van der Waals surface area contributed by atoms with Crippen LogP contribution in [0.15, 0.2) is 24.3 Å². The predicted molar refractivity (Wildman–Crippen MR) is 80.6 cm³/mol. The second-order valence-electron chi connectivity index (χ2n) is 6.45. The second-order valence-corrected chi connectivity index (χ2v) is 6.45. The van der Waals surface area contributed by atoms with E-state index in [0.29, 0.717) is 17.5 Å². The molecule has 0 aliphatic heterocycles. The first-order chi connectivity index (χ1) is 9.03. The molecule has 1 aliphatic rings. The molecule has 106 valence electrons. The number of rotatable bonds is 4. The van der Waals surface area contributed by atoms with Crippen molar-refractivity contribution >= 4 is 0 Å². The minimum absolute atomic E-state index is 0.397. The van der Waals surface area contributed by atoms with Crippen LogP contribution in [0.4, 0.5) is 0 Å². The molecule has 0 bridgehead atoms. The number of nitrogens with one attached hydrogen (secondary N) is 1. The van der Waals surface area contributed by atoms with Gasteiger partial charge in [0.1, 0.15) is 5.75 Å². The molecule has 0 radical (unpaired) electrons. The van der Waals surface area contributed by atoms with E-state index in [1.54, 1.807) is 7.11 Å². The zero-order valence-electron chi connectivity index (χ0n) is 12.7. The fraction of sp³-hybridized carbons (Fsp3) is 0.647. The van der Waals surface area contributed by atoms with E-state index in [9.17, 15) is 0 Å². The molecule has 2 heteroatoms. The zero-order chi connectivity index (χ0) is 13.9. The summed E-state index contributed by atoms with van der Waals surface area (Å²) >= 11 is 0. The highest BCUT2D eigenvalue weighted by molar-refractivity contribution is 5.28. The van der Waals surface area contributed by atoms with Gasteiger partial charge in [0.05, 0.1) is 7.11 Å². The van der Waals surface area contributed by atoms with Gasteiger partial charge in [-0.3, -0.25) is 0 Å². The summed E-state index contributed by atoms with van der Waals surface area (Å²) in [5.41, 5.74) is 1.75. The molecule has 0 aromatic heterocycles. The van der Waals surface area contributed by atoms with E-state index in [1.165, 1.54) is 31.2 Å². The Morgan fingerprint density at radius 3 is 2.47 bits per heavy atom. The lowest BCUT2D eigenvalue weighted by Gasteiger charge is -2.40. The van der Waals surface area contributed by atoms with Crippen molar-refractivity contribution in [1.29, 1.82) is 0 Å². The Morgan fingerprint density at radius 2 is 1.89 bits per heavy atom. The Balaban J connectivity index is 2.01. The quantitative estimate of drug-likeness (QED) is 0.871. The van der Waals surface area contributed by atoms with Gasteiger partial charge in [0.15, 0.2) is 0 Å². The fourth-order valence-corrected chi connectivity index (χ4v) is 3.09. The molecule has 2 nitrogen and oxygen atoms in total. The van der Waals surface area contributed by atoms with Gasteiger partial charge in [0.2, 0.25) is 0 Å². The van der Waals surface area contributed by atoms with E-state index in [2.05, 4.69) is 38.2 Å². The third kappa shape index (κ3) is 3.50. The van der Waals surface area contributed by atoms with Gasteiger partial charge < -0.3 is 10.1 Å². The van der Waals surface area contributed by atoms with Gasteiger partial charge in [-0.25, -0.2) is 0 Å². The van der Waals surface area contributed by atoms with Crippen molar-refractivity contribution in [3.05, 3.63) is 29.8 Å². The number of ether oxygens (including phenoxy) is 1. The standard InChI is InChI=1S/C17H27NO/c1-13(14-8-10-15(19-4)11-9-14)18-16-7-5-6-12-17(16,2)3/h8-11,13,16,18H,5-7,12H2,1-4H3/t13-,16?/m0/s1. The summed E-state index contributed by atoms with van der Waals surface area (Å²) in [6, 6.07) is 9.42. The van der Waals surface area contributed by atoms with Crippen LogP contribution in [-0.2, 0) is 0 Å². The molecule has 0 amide bonds. The van der Waals surface area contributed by atoms with Gasteiger partial charge in [-0.05, 0) is 42.9 Å². The lowest BCUT2D eigenvalue weighted by molar-refractivity contribution is 0.157. The van der Waals surface area contributed by atoms with E-state index in [0.717, 1.165) is 5.75 Å². The first-order valence-electron chi connectivity index (χ1n) is 7.43. The molecular weight excluding hydrogens is 234 g/mol. The average molecular weight is 261 g/mol. The average Bonchev–Trinajstić information content (AvgIpc) is 2.41. The van der Waals surface area contributed by atoms with Crippen molar-refractivity contribution in [2.24, 2.45) is 5.41 Å². The molecule has 1 N–H and O–H groups in total. The highest BCUT2D eigenvalue weighted by atomic mass is 16.5. The highest BCUT2D eigenvalue weighted by Gasteiger charge is 2.32. The summed E-state index contributed by atoms with van der Waals surface area (Å²) in [6.45, 7) is 7.04. The van der Waals surface area contributed by atoms with Crippen molar-refractivity contribution in [2.75, 3.05) is 7.11 Å². The first kappa shape index (κ1) is 14.4. The maximum atomic E-state index is 5.21. The number of hydrogen-bond acceptors (Lipinski definition) is 2. The van der Waals surface area contributed by atoms with Gasteiger partial charge in [0, 0.05) is 12.1 Å². The number of benzene rings is 1. The largest absolute Gasteiger partial charge is 0.497 e. The topological polar surface area (TPSA) is 21.3 Å². The Morgan fingerprint density at radius 1 is 1.21 bits per heavy atom. The molecule has 1 saturated carbocycles. The van der Waals surface area contributed by atoms with Crippen LogP contribution in [0, 0.1) is 5.41 Å². The summed E-state index contributed by atoms with van der Waals surface area (Å²) in [5.74, 6) is 0.925. The molecule has 1 aliphatic carbocycles. The van der Waals surface area contributed by atoms with Gasteiger partial charge in [-0.2, -0.15) is 0 Å². The summed E-state index contributed by atoms with van der Waals surface area (Å²) in [7, 11) is 1.71. The van der Waals surface area contributed by atoms with Crippen LogP contribution in [0.2, 0.25) is 0 Å². The normalized spacial score (nSPS) is 23.9. The molecule has 0 saturated heterocycles. The van der Waals surface area contributed by atoms with Crippen molar-refractivity contribution in [2.45, 2.75) is 58.5 Å². The van der Waals surface area contributed by atoms with E-state index in [4.69, 9.17) is 4.74 Å². The van der Waals surface area contributed by atoms with Gasteiger partial charge in [0.25, 0.3) is 0 Å². The molecule has 1 fully saturated rings. The monoisotopic (exact) mass is 261 g/mol. The maximum Gasteiger partial charge on any atom is 0.118 e. The van der Waals surface area contributed by atoms with Gasteiger partial charge >= 0.3 is 0 Å². The summed E-state index contributed by atoms with van der Waals surface area (Å²) in [6.07, 6.45) is 5.37. The minimum atomic E-state index is 0.397. The molecule has 1 aromatic rings. The van der Waals surface area contributed by atoms with Gasteiger partial charge in [-0.15, -0.1) is 0 Å². The minimum Gasteiger partial charge on any atom is -0.497 e. The fourth-order valence-electron chi connectivity index (χ4n) is 3.09. The maximum absolute atomic E-state index is 5.21. The van der Waals surface area contributed by atoms with Crippen LogP contribution < -0.4 is 10.1 Å². The first-order valence-corrected chi connectivity index (χ1v) is 7.43. The van der Waals surface area contributed by atoms with Crippen LogP contribution >= 0.6 is 0 Å². The van der Waals surface area contributed by atoms with Crippen LogP contribution in [0.25, 0.3) is 0 Å². The smallest absolute Gasteiger partial charge is 0.118 e. The molecule has 1 aromatic carbocycles. The molecule has 1 unspecified atom stereocenters.